The van der Waals surface area contributed by atoms with Crippen molar-refractivity contribution in [1.29, 1.82) is 0 Å². The Hall–Kier alpha value is -0.900. The SMILES string of the molecule is COc1cnc(C)cc1NCC(C)(C)SC. The zero-order valence-electron chi connectivity index (χ0n) is 10.6. The van der Waals surface area contributed by atoms with Gasteiger partial charge in [0.1, 0.15) is 0 Å². The van der Waals surface area contributed by atoms with Crippen LogP contribution in [-0.2, 0) is 0 Å². The first-order valence-corrected chi connectivity index (χ1v) is 6.50. The van der Waals surface area contributed by atoms with Crippen molar-refractivity contribution in [1.82, 2.24) is 4.98 Å². The van der Waals surface area contributed by atoms with Crippen LogP contribution in [0.1, 0.15) is 19.5 Å². The molecule has 1 aromatic heterocycles. The lowest BCUT2D eigenvalue weighted by atomic mass is 10.2. The third-order valence-corrected chi connectivity index (χ3v) is 3.73. The predicted octanol–water partition coefficient (Wildman–Crippen LogP) is 2.95. The topological polar surface area (TPSA) is 34.1 Å². The summed E-state index contributed by atoms with van der Waals surface area (Å²) < 4.78 is 5.48. The van der Waals surface area contributed by atoms with Crippen molar-refractivity contribution in [3.05, 3.63) is 18.0 Å². The largest absolute Gasteiger partial charge is 0.493 e. The van der Waals surface area contributed by atoms with Crippen LogP contribution in [0.4, 0.5) is 5.69 Å². The second-order valence-electron chi connectivity index (χ2n) is 4.34. The fraction of sp³-hybridized carbons (Fsp3) is 0.583. The van der Waals surface area contributed by atoms with E-state index in [-0.39, 0.29) is 4.75 Å². The fourth-order valence-electron chi connectivity index (χ4n) is 1.23. The van der Waals surface area contributed by atoms with E-state index < -0.39 is 0 Å². The summed E-state index contributed by atoms with van der Waals surface area (Å²) in [6, 6.07) is 2.01. The number of hydrogen-bond donors (Lipinski definition) is 1. The maximum Gasteiger partial charge on any atom is 0.160 e. The molecule has 0 aliphatic carbocycles. The minimum Gasteiger partial charge on any atom is -0.493 e. The molecule has 1 N–H and O–H groups in total. The summed E-state index contributed by atoms with van der Waals surface area (Å²) in [5.41, 5.74) is 2.00. The number of nitrogens with zero attached hydrogens (tertiary/aromatic N) is 1. The van der Waals surface area contributed by atoms with Gasteiger partial charge in [0.05, 0.1) is 19.0 Å². The van der Waals surface area contributed by atoms with Gasteiger partial charge in [-0.25, -0.2) is 0 Å². The van der Waals surface area contributed by atoms with Crippen molar-refractivity contribution in [2.75, 3.05) is 25.2 Å². The van der Waals surface area contributed by atoms with Gasteiger partial charge in [-0.15, -0.1) is 0 Å². The summed E-state index contributed by atoms with van der Waals surface area (Å²) in [7, 11) is 1.66. The second-order valence-corrected chi connectivity index (χ2v) is 5.86. The smallest absolute Gasteiger partial charge is 0.160 e. The Morgan fingerprint density at radius 1 is 1.50 bits per heavy atom. The van der Waals surface area contributed by atoms with E-state index in [0.29, 0.717) is 0 Å². The maximum absolute atomic E-state index is 5.27. The van der Waals surface area contributed by atoms with E-state index in [1.807, 2.05) is 24.8 Å². The quantitative estimate of drug-likeness (QED) is 0.858. The molecule has 1 rings (SSSR count). The fourth-order valence-corrected chi connectivity index (χ4v) is 1.44. The number of pyridine rings is 1. The van der Waals surface area contributed by atoms with E-state index in [9.17, 15) is 0 Å². The molecule has 0 aliphatic rings. The van der Waals surface area contributed by atoms with Crippen molar-refractivity contribution in [2.24, 2.45) is 0 Å². The van der Waals surface area contributed by atoms with Crippen molar-refractivity contribution in [3.8, 4) is 5.75 Å². The molecule has 90 valence electrons. The monoisotopic (exact) mass is 240 g/mol. The molecular weight excluding hydrogens is 220 g/mol. The van der Waals surface area contributed by atoms with Crippen LogP contribution < -0.4 is 10.1 Å². The van der Waals surface area contributed by atoms with Crippen LogP contribution in [0, 0.1) is 6.92 Å². The highest BCUT2D eigenvalue weighted by Gasteiger charge is 2.16. The predicted molar refractivity (Wildman–Crippen MR) is 71.6 cm³/mol. The first kappa shape index (κ1) is 13.2. The Morgan fingerprint density at radius 2 is 2.19 bits per heavy atom. The lowest BCUT2D eigenvalue weighted by Gasteiger charge is -2.23. The molecule has 0 spiro atoms. The third kappa shape index (κ3) is 3.59. The van der Waals surface area contributed by atoms with Crippen LogP contribution in [0.15, 0.2) is 12.3 Å². The van der Waals surface area contributed by atoms with Gasteiger partial charge in [0.2, 0.25) is 0 Å². The molecule has 0 saturated heterocycles. The third-order valence-electron chi connectivity index (χ3n) is 2.48. The van der Waals surface area contributed by atoms with Crippen molar-refractivity contribution < 1.29 is 4.74 Å². The Balaban J connectivity index is 2.76. The molecule has 0 saturated carbocycles. The highest BCUT2D eigenvalue weighted by molar-refractivity contribution is 7.99. The number of hydrogen-bond acceptors (Lipinski definition) is 4. The highest BCUT2D eigenvalue weighted by atomic mass is 32.2. The highest BCUT2D eigenvalue weighted by Crippen LogP contribution is 2.26. The Bertz CT molecular complexity index is 353. The number of methoxy groups -OCH3 is 1. The standard InChI is InChI=1S/C12H20N2OS/c1-9-6-10(11(15-4)7-13-9)14-8-12(2,3)16-5/h6-7H,8H2,1-5H3,(H,13,14). The average Bonchev–Trinajstić information content (AvgIpc) is 2.27. The van der Waals surface area contributed by atoms with Gasteiger partial charge in [-0.3, -0.25) is 4.98 Å². The molecule has 0 fully saturated rings. The van der Waals surface area contributed by atoms with Gasteiger partial charge in [0, 0.05) is 17.0 Å². The van der Waals surface area contributed by atoms with Crippen LogP contribution in [0.3, 0.4) is 0 Å². The molecule has 0 atom stereocenters. The Labute approximate surface area is 102 Å². The first-order valence-electron chi connectivity index (χ1n) is 5.28. The minimum atomic E-state index is 0.211. The number of thioether (sulfide) groups is 1. The van der Waals surface area contributed by atoms with Crippen LogP contribution >= 0.6 is 11.8 Å². The van der Waals surface area contributed by atoms with E-state index in [1.165, 1.54) is 0 Å². The number of nitrogens with one attached hydrogen (secondary N) is 1. The second kappa shape index (κ2) is 5.43. The molecule has 1 heterocycles. The molecule has 0 bridgehead atoms. The number of aryl methyl sites for hydroxylation is 1. The van der Waals surface area contributed by atoms with Gasteiger partial charge in [-0.05, 0) is 33.1 Å². The van der Waals surface area contributed by atoms with E-state index in [4.69, 9.17) is 4.74 Å². The van der Waals surface area contributed by atoms with Gasteiger partial charge in [0.25, 0.3) is 0 Å². The van der Waals surface area contributed by atoms with Gasteiger partial charge >= 0.3 is 0 Å². The molecular formula is C12H20N2OS. The Morgan fingerprint density at radius 3 is 2.75 bits per heavy atom. The molecule has 0 radical (unpaired) electrons. The average molecular weight is 240 g/mol. The summed E-state index contributed by atoms with van der Waals surface area (Å²) in [4.78, 5) is 4.20. The lowest BCUT2D eigenvalue weighted by molar-refractivity contribution is 0.414. The van der Waals surface area contributed by atoms with Gasteiger partial charge < -0.3 is 10.1 Å². The molecule has 3 nitrogen and oxygen atoms in total. The zero-order valence-corrected chi connectivity index (χ0v) is 11.4. The van der Waals surface area contributed by atoms with Crippen LogP contribution in [0.2, 0.25) is 0 Å². The number of ether oxygens (including phenoxy) is 1. The van der Waals surface area contributed by atoms with Crippen LogP contribution in [0.5, 0.6) is 5.75 Å². The van der Waals surface area contributed by atoms with E-state index >= 15 is 0 Å². The summed E-state index contributed by atoms with van der Waals surface area (Å²) in [6.07, 6.45) is 3.88. The number of aromatic nitrogens is 1. The van der Waals surface area contributed by atoms with Crippen molar-refractivity contribution >= 4 is 17.4 Å². The van der Waals surface area contributed by atoms with Crippen molar-refractivity contribution in [3.63, 3.8) is 0 Å². The molecule has 0 aromatic carbocycles. The van der Waals surface area contributed by atoms with E-state index in [2.05, 4.69) is 30.4 Å². The summed E-state index contributed by atoms with van der Waals surface area (Å²) in [5, 5.41) is 3.41. The van der Waals surface area contributed by atoms with E-state index in [1.54, 1.807) is 13.3 Å². The molecule has 1 aromatic rings. The minimum absolute atomic E-state index is 0.211. The molecule has 0 amide bonds. The van der Waals surface area contributed by atoms with Crippen molar-refractivity contribution in [2.45, 2.75) is 25.5 Å². The van der Waals surface area contributed by atoms with Gasteiger partial charge in [0.15, 0.2) is 5.75 Å². The van der Waals surface area contributed by atoms with Crippen LogP contribution in [0.25, 0.3) is 0 Å². The lowest BCUT2D eigenvalue weighted by Crippen LogP contribution is -2.26. The first-order chi connectivity index (χ1) is 7.48. The maximum atomic E-state index is 5.27. The molecule has 16 heavy (non-hydrogen) atoms. The summed E-state index contributed by atoms with van der Waals surface area (Å²) in [6.45, 7) is 7.30. The summed E-state index contributed by atoms with van der Waals surface area (Å²) in [5.74, 6) is 0.794. The number of rotatable bonds is 5. The van der Waals surface area contributed by atoms with Crippen LogP contribution in [-0.4, -0.2) is 29.6 Å². The summed E-state index contributed by atoms with van der Waals surface area (Å²) >= 11 is 1.85. The number of anilines is 1. The van der Waals surface area contributed by atoms with Gasteiger partial charge in [-0.1, -0.05) is 0 Å². The molecule has 0 unspecified atom stereocenters. The normalized spacial score (nSPS) is 11.3. The molecule has 0 aliphatic heterocycles. The van der Waals surface area contributed by atoms with E-state index in [0.717, 1.165) is 23.7 Å². The Kier molecular flexibility index (Phi) is 4.47. The van der Waals surface area contributed by atoms with Gasteiger partial charge in [-0.2, -0.15) is 11.8 Å². The zero-order chi connectivity index (χ0) is 12.2. The molecule has 4 heteroatoms.